The molecule has 3 N–H and O–H groups in total. The van der Waals surface area contributed by atoms with E-state index in [0.717, 1.165) is 91.8 Å². The van der Waals surface area contributed by atoms with Crippen molar-refractivity contribution in [2.24, 2.45) is 5.92 Å². The minimum Gasteiger partial charge on any atom is -0.372 e. The summed E-state index contributed by atoms with van der Waals surface area (Å²) in [5.74, 6) is -0.888. The molecule has 328 valence electrons. The molecule has 1 unspecified atom stereocenters. The Bertz CT molecular complexity index is 2400. The van der Waals surface area contributed by atoms with Crippen LogP contribution in [0.1, 0.15) is 65.8 Å². The minimum absolute atomic E-state index is 0.0839. The molecule has 5 aliphatic heterocycles. The maximum Gasteiger partial charge on any atom is 0.322 e. The standard InChI is InChI=1S/C47H54N10O6/c1-29(2)63-37-27-56(28-37)47(62)50-34-23-30(3)22-32(24-34)40-12-15-48-46(51-40)49-33-4-6-35(7-5-33)55-20-18-53(19-21-55)26-31-13-16-54(17-14-31)36-8-9-38-39(25-36)45(61)57(44(38)60)41-10-11-42(58)52-43(41)59/h4-9,12,15,22-25,29,31,37,41H,10-11,13-14,16-21,26-28H2,1-3H3,(H,50,62)(H,48,49,51)(H,52,58,59). The van der Waals surface area contributed by atoms with Gasteiger partial charge in [0.05, 0.1) is 42.1 Å². The van der Waals surface area contributed by atoms with Gasteiger partial charge in [-0.2, -0.15) is 0 Å². The van der Waals surface area contributed by atoms with Crippen LogP contribution in [-0.4, -0.2) is 131 Å². The van der Waals surface area contributed by atoms with Crippen LogP contribution in [0.2, 0.25) is 0 Å². The number of hydrogen-bond acceptors (Lipinski definition) is 12. The molecule has 16 heteroatoms. The van der Waals surface area contributed by atoms with Crippen molar-refractivity contribution >= 4 is 58.4 Å². The molecular weight excluding hydrogens is 801 g/mol. The zero-order valence-electron chi connectivity index (χ0n) is 36.0. The van der Waals surface area contributed by atoms with E-state index in [4.69, 9.17) is 9.72 Å². The Labute approximate surface area is 367 Å². The molecule has 6 heterocycles. The molecule has 4 saturated heterocycles. The average molecular weight is 855 g/mol. The SMILES string of the molecule is Cc1cc(NC(=O)N2CC(OC(C)C)C2)cc(-c2ccnc(Nc3ccc(N4CCN(CC5CCN(c6ccc7c(c6)C(=O)N(C6CCC(=O)NC6=O)C7=O)CC5)CC4)cc3)n2)c1. The number of piperidine rings is 2. The molecule has 1 aromatic heterocycles. The number of benzene rings is 3. The third-order valence-corrected chi connectivity index (χ3v) is 12.7. The Morgan fingerprint density at radius 1 is 0.810 bits per heavy atom. The monoisotopic (exact) mass is 854 g/mol. The summed E-state index contributed by atoms with van der Waals surface area (Å²) in [5, 5.41) is 8.64. The molecule has 0 saturated carbocycles. The second kappa shape index (κ2) is 17.8. The number of carbonyl (C=O) groups is 5. The summed E-state index contributed by atoms with van der Waals surface area (Å²) in [4.78, 5) is 82.8. The second-order valence-corrected chi connectivity index (χ2v) is 17.6. The lowest BCUT2D eigenvalue weighted by Gasteiger charge is -2.40. The minimum atomic E-state index is -0.968. The molecule has 3 aromatic carbocycles. The van der Waals surface area contributed by atoms with E-state index < -0.39 is 23.8 Å². The lowest BCUT2D eigenvalue weighted by atomic mass is 9.95. The zero-order valence-corrected chi connectivity index (χ0v) is 36.0. The van der Waals surface area contributed by atoms with Crippen molar-refractivity contribution in [1.29, 1.82) is 0 Å². The predicted molar refractivity (Wildman–Crippen MR) is 239 cm³/mol. The van der Waals surface area contributed by atoms with Crippen LogP contribution in [-0.2, 0) is 14.3 Å². The molecule has 0 spiro atoms. The van der Waals surface area contributed by atoms with E-state index in [2.05, 4.69) is 59.9 Å². The van der Waals surface area contributed by atoms with Gasteiger partial charge in [-0.05, 0) is 118 Å². The zero-order chi connectivity index (χ0) is 43.8. The molecule has 6 amide bonds. The van der Waals surface area contributed by atoms with Crippen molar-refractivity contribution < 1.29 is 28.7 Å². The van der Waals surface area contributed by atoms with Crippen molar-refractivity contribution in [3.63, 3.8) is 0 Å². The highest BCUT2D eigenvalue weighted by atomic mass is 16.5. The molecule has 0 aliphatic carbocycles. The predicted octanol–water partition coefficient (Wildman–Crippen LogP) is 5.28. The van der Waals surface area contributed by atoms with Gasteiger partial charge in [-0.15, -0.1) is 0 Å². The average Bonchev–Trinajstić information content (AvgIpc) is 3.50. The van der Waals surface area contributed by atoms with Gasteiger partial charge in [-0.3, -0.25) is 34.3 Å². The van der Waals surface area contributed by atoms with E-state index in [-0.39, 0.29) is 37.0 Å². The number of imide groups is 2. The number of nitrogens with one attached hydrogen (secondary N) is 3. The molecule has 4 fully saturated rings. The Hall–Kier alpha value is -6.39. The smallest absolute Gasteiger partial charge is 0.322 e. The summed E-state index contributed by atoms with van der Waals surface area (Å²) < 4.78 is 5.79. The fraction of sp³-hybridized carbons (Fsp3) is 0.426. The van der Waals surface area contributed by atoms with E-state index in [9.17, 15) is 24.0 Å². The Morgan fingerprint density at radius 3 is 2.25 bits per heavy atom. The number of ether oxygens (including phenoxy) is 1. The Kier molecular flexibility index (Phi) is 11.8. The first-order chi connectivity index (χ1) is 30.4. The quantitative estimate of drug-likeness (QED) is 0.167. The number of urea groups is 1. The van der Waals surface area contributed by atoms with Gasteiger partial charge >= 0.3 is 6.03 Å². The van der Waals surface area contributed by atoms with Crippen LogP contribution in [0.5, 0.6) is 0 Å². The van der Waals surface area contributed by atoms with Crippen LogP contribution in [0.25, 0.3) is 11.3 Å². The fourth-order valence-electron chi connectivity index (χ4n) is 9.33. The number of likely N-dealkylation sites (tertiary alicyclic amines) is 1. The second-order valence-electron chi connectivity index (χ2n) is 17.6. The van der Waals surface area contributed by atoms with Gasteiger partial charge in [-0.25, -0.2) is 14.8 Å². The molecule has 5 aliphatic rings. The lowest BCUT2D eigenvalue weighted by molar-refractivity contribution is -0.136. The largest absolute Gasteiger partial charge is 0.372 e. The number of hydrogen-bond donors (Lipinski definition) is 3. The van der Waals surface area contributed by atoms with Gasteiger partial charge in [-0.1, -0.05) is 0 Å². The Morgan fingerprint density at radius 2 is 1.52 bits per heavy atom. The van der Waals surface area contributed by atoms with Gasteiger partial charge in [0.25, 0.3) is 11.8 Å². The highest BCUT2D eigenvalue weighted by molar-refractivity contribution is 6.23. The van der Waals surface area contributed by atoms with E-state index in [1.165, 1.54) is 5.69 Å². The van der Waals surface area contributed by atoms with Crippen LogP contribution in [0, 0.1) is 12.8 Å². The van der Waals surface area contributed by atoms with Gasteiger partial charge in [0.15, 0.2) is 0 Å². The van der Waals surface area contributed by atoms with Crippen molar-refractivity contribution in [1.82, 2.24) is 30.0 Å². The number of rotatable bonds is 11. The van der Waals surface area contributed by atoms with Crippen LogP contribution in [0.4, 0.5) is 33.5 Å². The van der Waals surface area contributed by atoms with E-state index in [1.807, 2.05) is 51.1 Å². The summed E-state index contributed by atoms with van der Waals surface area (Å²) in [7, 11) is 0. The van der Waals surface area contributed by atoms with E-state index in [0.29, 0.717) is 41.8 Å². The molecule has 0 radical (unpaired) electrons. The van der Waals surface area contributed by atoms with Crippen molar-refractivity contribution in [3.05, 3.63) is 89.6 Å². The Balaban J connectivity index is 0.729. The first-order valence-electron chi connectivity index (χ1n) is 22.1. The summed E-state index contributed by atoms with van der Waals surface area (Å²) in [5.41, 5.74) is 6.95. The number of anilines is 5. The van der Waals surface area contributed by atoms with Gasteiger partial charge in [0.2, 0.25) is 17.8 Å². The fourth-order valence-corrected chi connectivity index (χ4v) is 9.33. The summed E-state index contributed by atoms with van der Waals surface area (Å²) >= 11 is 0. The number of piperazine rings is 1. The highest BCUT2D eigenvalue weighted by Crippen LogP contribution is 2.33. The number of carbonyl (C=O) groups excluding carboxylic acids is 5. The molecular formula is C47H54N10O6. The molecule has 4 aromatic rings. The van der Waals surface area contributed by atoms with Gasteiger partial charge < -0.3 is 30.1 Å². The first kappa shape index (κ1) is 41.9. The molecule has 0 bridgehead atoms. The van der Waals surface area contributed by atoms with Gasteiger partial charge in [0, 0.05) is 86.7 Å². The first-order valence-corrected chi connectivity index (χ1v) is 22.1. The van der Waals surface area contributed by atoms with Crippen LogP contribution in [0.3, 0.4) is 0 Å². The van der Waals surface area contributed by atoms with Crippen molar-refractivity contribution in [2.75, 3.05) is 79.3 Å². The summed E-state index contributed by atoms with van der Waals surface area (Å²) in [6.45, 7) is 13.8. The van der Waals surface area contributed by atoms with Crippen LogP contribution >= 0.6 is 0 Å². The molecule has 9 rings (SSSR count). The third kappa shape index (κ3) is 9.23. The van der Waals surface area contributed by atoms with Crippen LogP contribution < -0.4 is 25.8 Å². The maximum atomic E-state index is 13.4. The normalized spacial score (nSPS) is 20.0. The molecule has 1 atom stereocenters. The van der Waals surface area contributed by atoms with E-state index >= 15 is 0 Å². The number of aryl methyl sites for hydroxylation is 1. The van der Waals surface area contributed by atoms with Gasteiger partial charge in [0.1, 0.15) is 6.04 Å². The summed E-state index contributed by atoms with van der Waals surface area (Å²) in [6, 6.07) is 20.5. The highest BCUT2D eigenvalue weighted by Gasteiger charge is 2.45. The van der Waals surface area contributed by atoms with Crippen molar-refractivity contribution in [2.45, 2.75) is 64.7 Å². The number of nitrogens with zero attached hydrogens (tertiary/aromatic N) is 7. The number of fused-ring (bicyclic) bond motifs is 1. The number of amides is 6. The van der Waals surface area contributed by atoms with Crippen LogP contribution in [0.15, 0.2) is 72.9 Å². The summed E-state index contributed by atoms with van der Waals surface area (Å²) in [6.07, 6.45) is 4.26. The lowest BCUT2D eigenvalue weighted by Crippen LogP contribution is -2.56. The number of aromatic nitrogens is 2. The molecule has 16 nitrogen and oxygen atoms in total. The van der Waals surface area contributed by atoms with E-state index in [1.54, 1.807) is 23.2 Å². The topological polar surface area (TPSA) is 173 Å². The molecule has 63 heavy (non-hydrogen) atoms. The maximum absolute atomic E-state index is 13.4. The van der Waals surface area contributed by atoms with Crippen molar-refractivity contribution in [3.8, 4) is 11.3 Å². The third-order valence-electron chi connectivity index (χ3n) is 12.7.